The van der Waals surface area contributed by atoms with Crippen LogP contribution in [0.4, 0.5) is 0 Å². The Morgan fingerprint density at radius 1 is 1.07 bits per heavy atom. The third-order valence-electron chi connectivity index (χ3n) is 11.3. The molecule has 1 saturated heterocycles. The van der Waals surface area contributed by atoms with Crippen molar-refractivity contribution < 1.29 is 24.3 Å². The predicted molar refractivity (Wildman–Crippen MR) is 151 cm³/mol. The molecule has 210 valence electrons. The number of hydrogen-bond acceptors (Lipinski definition) is 5. The highest BCUT2D eigenvalue weighted by molar-refractivity contribution is 5.94. The molecule has 7 heteroatoms. The molecular weight excluding hydrogens is 514 g/mol. The third-order valence-corrected chi connectivity index (χ3v) is 11.3. The van der Waals surface area contributed by atoms with E-state index in [1.807, 2.05) is 48.8 Å². The van der Waals surface area contributed by atoms with Crippen LogP contribution in [0.3, 0.4) is 0 Å². The number of amides is 1. The van der Waals surface area contributed by atoms with Gasteiger partial charge >= 0.3 is 0 Å². The highest BCUT2D eigenvalue weighted by atomic mass is 16.5. The molecule has 0 radical (unpaired) electrons. The summed E-state index contributed by atoms with van der Waals surface area (Å²) in [6.07, 6.45) is 9.10. The molecule has 1 aromatic heterocycles. The van der Waals surface area contributed by atoms with E-state index in [0.29, 0.717) is 24.2 Å². The average molecular weight is 551 g/mol. The number of phenols is 1. The van der Waals surface area contributed by atoms with E-state index in [0.717, 1.165) is 44.0 Å². The molecule has 9 rings (SSSR count). The van der Waals surface area contributed by atoms with Crippen LogP contribution in [0.1, 0.15) is 59.2 Å². The van der Waals surface area contributed by atoms with E-state index in [1.165, 1.54) is 24.0 Å². The average Bonchev–Trinajstić information content (AvgIpc) is 3.68. The van der Waals surface area contributed by atoms with Gasteiger partial charge in [-0.25, -0.2) is 4.57 Å². The Morgan fingerprint density at radius 3 is 2.66 bits per heavy atom. The van der Waals surface area contributed by atoms with E-state index in [1.54, 1.807) is 6.07 Å². The van der Waals surface area contributed by atoms with Gasteiger partial charge in [-0.15, -0.1) is 0 Å². The van der Waals surface area contributed by atoms with Crippen molar-refractivity contribution in [2.75, 3.05) is 13.1 Å². The minimum atomic E-state index is -0.938. The number of nitrogens with one attached hydrogen (secondary N) is 1. The molecule has 2 aromatic carbocycles. The fourth-order valence-corrected chi connectivity index (χ4v) is 9.78. The lowest BCUT2D eigenvalue weighted by Crippen LogP contribution is -2.73. The van der Waals surface area contributed by atoms with Crippen molar-refractivity contribution in [1.82, 2.24) is 10.2 Å². The van der Waals surface area contributed by atoms with Crippen LogP contribution in [0, 0.1) is 11.3 Å². The number of aromatic nitrogens is 1. The zero-order chi connectivity index (χ0) is 27.6. The summed E-state index contributed by atoms with van der Waals surface area (Å²) in [5.74, 6) is 1.29. The number of fused-ring (bicyclic) bond motifs is 1. The molecule has 2 bridgehead atoms. The van der Waals surface area contributed by atoms with Crippen molar-refractivity contribution >= 4 is 5.91 Å². The maximum atomic E-state index is 13.6. The maximum Gasteiger partial charge on any atom is 0.252 e. The fourth-order valence-electron chi connectivity index (χ4n) is 9.78. The van der Waals surface area contributed by atoms with Gasteiger partial charge in [-0.1, -0.05) is 36.4 Å². The Labute approximate surface area is 239 Å². The van der Waals surface area contributed by atoms with Gasteiger partial charge in [0.1, 0.15) is 6.10 Å². The molecule has 6 aliphatic rings. The van der Waals surface area contributed by atoms with Crippen molar-refractivity contribution in [1.29, 1.82) is 0 Å². The van der Waals surface area contributed by atoms with Crippen LogP contribution in [-0.2, 0) is 18.4 Å². The number of hydrogen-bond donors (Lipinski definition) is 3. The van der Waals surface area contributed by atoms with Crippen LogP contribution in [-0.4, -0.2) is 57.9 Å². The molecule has 3 saturated carbocycles. The smallest absolute Gasteiger partial charge is 0.252 e. The van der Waals surface area contributed by atoms with Gasteiger partial charge < -0.3 is 20.3 Å². The summed E-state index contributed by atoms with van der Waals surface area (Å²) in [7, 11) is 0. The molecule has 4 aliphatic carbocycles. The van der Waals surface area contributed by atoms with E-state index in [9.17, 15) is 15.0 Å². The van der Waals surface area contributed by atoms with Crippen molar-refractivity contribution in [3.8, 4) is 11.5 Å². The fraction of sp³-hybridized carbons (Fsp3) is 0.471. The van der Waals surface area contributed by atoms with Gasteiger partial charge in [0.15, 0.2) is 30.4 Å². The molecule has 3 heterocycles. The lowest BCUT2D eigenvalue weighted by molar-refractivity contribution is -0.688. The SMILES string of the molecule is O=C(N[C@@H]1CC[C@@]2(O)[C@@H]3N(CC4CC4)CC34Cc3ccc(O)c5c3C2(C4)[C@H]1O5)c1cc[n+](Cc2ccccc2)cc1. The van der Waals surface area contributed by atoms with Gasteiger partial charge in [0.25, 0.3) is 5.91 Å². The quantitative estimate of drug-likeness (QED) is 0.411. The first-order chi connectivity index (χ1) is 19.9. The molecule has 2 spiro atoms. The molecular formula is C34H36N3O4+. The van der Waals surface area contributed by atoms with E-state index in [2.05, 4.69) is 26.9 Å². The van der Waals surface area contributed by atoms with Crippen molar-refractivity contribution in [3.63, 3.8) is 0 Å². The Morgan fingerprint density at radius 2 is 1.88 bits per heavy atom. The van der Waals surface area contributed by atoms with E-state index in [4.69, 9.17) is 4.74 Å². The Hall–Kier alpha value is -3.42. The van der Waals surface area contributed by atoms with Crippen molar-refractivity contribution in [2.24, 2.45) is 11.3 Å². The summed E-state index contributed by atoms with van der Waals surface area (Å²) in [6.45, 7) is 2.83. The van der Waals surface area contributed by atoms with Gasteiger partial charge in [0.2, 0.25) is 0 Å². The van der Waals surface area contributed by atoms with E-state index < -0.39 is 17.1 Å². The van der Waals surface area contributed by atoms with Crippen LogP contribution in [0.25, 0.3) is 0 Å². The normalized spacial score (nSPS) is 35.7. The number of ether oxygens (including phenoxy) is 1. The summed E-state index contributed by atoms with van der Waals surface area (Å²) in [4.78, 5) is 16.1. The number of carbonyl (C=O) groups excluding carboxylic acids is 1. The zero-order valence-electron chi connectivity index (χ0n) is 23.1. The number of likely N-dealkylation sites (tertiary alicyclic amines) is 1. The van der Waals surface area contributed by atoms with Crippen LogP contribution in [0.15, 0.2) is 67.0 Å². The standard InChI is InChI=1S/C34H35N3O4/c38-26-9-8-24-16-32-19-33-27(24)28(26)41-29(33)25(10-13-34(33,40)31(32)37(20-32)18-22-6-7-22)35-30(39)23-11-14-36(15-12-23)17-21-4-2-1-3-5-21/h1-5,8-9,11-12,14-15,22,25,29,31,40H,6-7,10,13,16-20H2,(H-,35,38,39)/p+1/t25-,29+,31-,32?,33?,34-/m1/s1. The van der Waals surface area contributed by atoms with Gasteiger partial charge in [-0.05, 0) is 56.1 Å². The van der Waals surface area contributed by atoms with Crippen molar-refractivity contribution in [3.05, 3.63) is 89.2 Å². The number of benzene rings is 2. The Balaban J connectivity index is 1.03. The third kappa shape index (κ3) is 3.16. The van der Waals surface area contributed by atoms with Crippen LogP contribution in [0.5, 0.6) is 11.5 Å². The highest BCUT2D eigenvalue weighted by Crippen LogP contribution is 2.75. The molecule has 7 nitrogen and oxygen atoms in total. The summed E-state index contributed by atoms with van der Waals surface area (Å²) < 4.78 is 8.72. The molecule has 1 amide bonds. The van der Waals surface area contributed by atoms with E-state index >= 15 is 0 Å². The zero-order valence-corrected chi connectivity index (χ0v) is 23.1. The second-order valence-corrected chi connectivity index (χ2v) is 13.7. The summed E-state index contributed by atoms with van der Waals surface area (Å²) in [5, 5.41) is 27.0. The molecule has 41 heavy (non-hydrogen) atoms. The number of carbonyl (C=O) groups is 1. The topological polar surface area (TPSA) is 85.9 Å². The van der Waals surface area contributed by atoms with E-state index in [-0.39, 0.29) is 29.2 Å². The monoisotopic (exact) mass is 550 g/mol. The summed E-state index contributed by atoms with van der Waals surface area (Å²) >= 11 is 0. The predicted octanol–water partition coefficient (Wildman–Crippen LogP) is 3.09. The maximum absolute atomic E-state index is 13.6. The number of nitrogens with zero attached hydrogens (tertiary/aromatic N) is 2. The molecule has 3 aromatic rings. The summed E-state index contributed by atoms with van der Waals surface area (Å²) in [6, 6.07) is 17.6. The van der Waals surface area contributed by atoms with Crippen LogP contribution >= 0.6 is 0 Å². The lowest BCUT2D eigenvalue weighted by Gasteiger charge is -2.59. The Kier molecular flexibility index (Phi) is 4.79. The number of aliphatic hydroxyl groups is 1. The number of rotatable bonds is 6. The van der Waals surface area contributed by atoms with Gasteiger partial charge in [-0.3, -0.25) is 9.69 Å². The second-order valence-electron chi connectivity index (χ2n) is 13.7. The minimum Gasteiger partial charge on any atom is -0.504 e. The first kappa shape index (κ1) is 24.2. The molecule has 3 N–H and O–H groups in total. The summed E-state index contributed by atoms with van der Waals surface area (Å²) in [5.41, 5.74) is 2.50. The van der Waals surface area contributed by atoms with Crippen LogP contribution in [0.2, 0.25) is 0 Å². The second kappa shape index (κ2) is 8.11. The molecule has 4 fully saturated rings. The molecule has 6 atom stereocenters. The first-order valence-electron chi connectivity index (χ1n) is 15.2. The Bertz CT molecular complexity index is 1570. The molecule has 2 unspecified atom stereocenters. The number of aromatic hydroxyl groups is 1. The lowest BCUT2D eigenvalue weighted by atomic mass is 9.56. The van der Waals surface area contributed by atoms with Crippen LogP contribution < -0.4 is 14.6 Å². The number of pyridine rings is 1. The van der Waals surface area contributed by atoms with Gasteiger partial charge in [0.05, 0.1) is 22.6 Å². The van der Waals surface area contributed by atoms with Crippen molar-refractivity contribution in [2.45, 2.75) is 74.3 Å². The first-order valence-corrected chi connectivity index (χ1v) is 15.2. The number of phenolic OH excluding ortho intramolecular Hbond substituents is 1. The van der Waals surface area contributed by atoms with Gasteiger partial charge in [-0.2, -0.15) is 0 Å². The largest absolute Gasteiger partial charge is 0.504 e. The highest BCUT2D eigenvalue weighted by Gasteiger charge is 2.83. The van der Waals surface area contributed by atoms with Gasteiger partial charge in [0, 0.05) is 47.8 Å². The minimum absolute atomic E-state index is 0.0293. The molecule has 2 aliphatic heterocycles.